The number of methoxy groups -OCH3 is 1. The lowest BCUT2D eigenvalue weighted by molar-refractivity contribution is 0.234. The van der Waals surface area contributed by atoms with E-state index in [-0.39, 0.29) is 12.1 Å². The molecule has 0 saturated heterocycles. The number of hydrogen-bond donors (Lipinski definition) is 2. The molecule has 0 aliphatic heterocycles. The third-order valence-corrected chi connectivity index (χ3v) is 3.07. The second-order valence-electron chi connectivity index (χ2n) is 5.73. The number of rotatable bonds is 5. The fourth-order valence-corrected chi connectivity index (χ4v) is 1.86. The van der Waals surface area contributed by atoms with Crippen LogP contribution in [0.4, 0.5) is 5.69 Å². The summed E-state index contributed by atoms with van der Waals surface area (Å²) in [5.74, 6) is 1.33. The zero-order valence-corrected chi connectivity index (χ0v) is 12.3. The summed E-state index contributed by atoms with van der Waals surface area (Å²) < 4.78 is 5.42. The molecule has 0 spiro atoms. The molecule has 2 N–H and O–H groups in total. The molecule has 102 valence electrons. The Hall–Kier alpha value is -1.22. The van der Waals surface area contributed by atoms with Crippen molar-refractivity contribution in [2.45, 2.75) is 46.1 Å². The third-order valence-electron chi connectivity index (χ3n) is 3.07. The van der Waals surface area contributed by atoms with Gasteiger partial charge in [0, 0.05) is 5.69 Å². The van der Waals surface area contributed by atoms with E-state index in [1.807, 2.05) is 26.8 Å². The molecule has 0 fully saturated rings. The van der Waals surface area contributed by atoms with Crippen molar-refractivity contribution < 1.29 is 9.84 Å². The van der Waals surface area contributed by atoms with Crippen molar-refractivity contribution in [1.29, 1.82) is 0 Å². The van der Waals surface area contributed by atoms with E-state index >= 15 is 0 Å². The van der Waals surface area contributed by atoms with Crippen molar-refractivity contribution in [2.75, 3.05) is 19.0 Å². The van der Waals surface area contributed by atoms with Gasteiger partial charge in [-0.15, -0.1) is 0 Å². The van der Waals surface area contributed by atoms with E-state index in [1.165, 1.54) is 5.56 Å². The molecule has 0 heterocycles. The number of aliphatic hydroxyl groups excluding tert-OH is 1. The molecule has 0 aliphatic carbocycles. The number of hydrogen-bond acceptors (Lipinski definition) is 3. The van der Waals surface area contributed by atoms with Crippen molar-refractivity contribution in [2.24, 2.45) is 0 Å². The summed E-state index contributed by atoms with van der Waals surface area (Å²) in [5, 5.41) is 12.7. The molecule has 1 rings (SSSR count). The Balaban J connectivity index is 3.17. The highest BCUT2D eigenvalue weighted by Gasteiger charge is 2.18. The topological polar surface area (TPSA) is 41.5 Å². The first-order valence-corrected chi connectivity index (χ1v) is 6.38. The van der Waals surface area contributed by atoms with Crippen LogP contribution in [0.5, 0.6) is 5.75 Å². The van der Waals surface area contributed by atoms with E-state index in [9.17, 15) is 5.11 Å². The van der Waals surface area contributed by atoms with Gasteiger partial charge in [0.1, 0.15) is 5.75 Å². The Morgan fingerprint density at radius 1 is 1.33 bits per heavy atom. The minimum absolute atomic E-state index is 0.0927. The monoisotopic (exact) mass is 251 g/mol. The minimum Gasteiger partial charge on any atom is -0.496 e. The van der Waals surface area contributed by atoms with E-state index < -0.39 is 0 Å². The molecular weight excluding hydrogens is 226 g/mol. The Morgan fingerprint density at radius 3 is 2.39 bits per heavy atom. The molecule has 3 heteroatoms. The van der Waals surface area contributed by atoms with Gasteiger partial charge in [-0.25, -0.2) is 0 Å². The molecule has 0 bridgehead atoms. The molecular formula is C15H25NO2. The van der Waals surface area contributed by atoms with Crippen LogP contribution in [-0.4, -0.2) is 24.4 Å². The summed E-state index contributed by atoms with van der Waals surface area (Å²) in [6.07, 6.45) is 0. The standard InChI is InChI=1S/C15H25NO2/c1-10(2)12-8-13(16-15(4,5)9-17)11(3)7-14(12)18-6/h7-8,10,16-17H,9H2,1-6H3. The molecule has 0 radical (unpaired) electrons. The van der Waals surface area contributed by atoms with Gasteiger partial charge in [0.2, 0.25) is 0 Å². The van der Waals surface area contributed by atoms with E-state index in [0.29, 0.717) is 5.92 Å². The summed E-state index contributed by atoms with van der Waals surface area (Å²) >= 11 is 0. The van der Waals surface area contributed by atoms with Crippen LogP contribution in [0.25, 0.3) is 0 Å². The molecule has 1 aromatic carbocycles. The van der Waals surface area contributed by atoms with E-state index in [4.69, 9.17) is 4.74 Å². The fraction of sp³-hybridized carbons (Fsp3) is 0.600. The lowest BCUT2D eigenvalue weighted by Crippen LogP contribution is -2.35. The van der Waals surface area contributed by atoms with Gasteiger partial charge in [-0.2, -0.15) is 0 Å². The lowest BCUT2D eigenvalue weighted by Gasteiger charge is -2.27. The van der Waals surface area contributed by atoms with Gasteiger partial charge < -0.3 is 15.2 Å². The summed E-state index contributed by atoms with van der Waals surface area (Å²) in [6, 6.07) is 4.17. The first-order chi connectivity index (χ1) is 8.30. The van der Waals surface area contributed by atoms with E-state index in [0.717, 1.165) is 17.0 Å². The van der Waals surface area contributed by atoms with E-state index in [1.54, 1.807) is 7.11 Å². The largest absolute Gasteiger partial charge is 0.496 e. The average molecular weight is 251 g/mol. The quantitative estimate of drug-likeness (QED) is 0.843. The number of ether oxygens (including phenoxy) is 1. The van der Waals surface area contributed by atoms with Gasteiger partial charge in [-0.05, 0) is 49.9 Å². The predicted molar refractivity (Wildman–Crippen MR) is 76.6 cm³/mol. The maximum atomic E-state index is 9.34. The lowest BCUT2D eigenvalue weighted by atomic mass is 9.97. The Morgan fingerprint density at radius 2 is 1.94 bits per heavy atom. The Bertz CT molecular complexity index is 411. The molecule has 0 unspecified atom stereocenters. The zero-order valence-electron chi connectivity index (χ0n) is 12.3. The van der Waals surface area contributed by atoms with Crippen LogP contribution in [0, 0.1) is 6.92 Å². The van der Waals surface area contributed by atoms with Crippen molar-refractivity contribution >= 4 is 5.69 Å². The SMILES string of the molecule is COc1cc(C)c(NC(C)(C)CO)cc1C(C)C. The van der Waals surface area contributed by atoms with Crippen LogP contribution in [0.1, 0.15) is 44.7 Å². The number of anilines is 1. The van der Waals surface area contributed by atoms with Crippen LogP contribution < -0.4 is 10.1 Å². The highest BCUT2D eigenvalue weighted by molar-refractivity contribution is 5.59. The maximum Gasteiger partial charge on any atom is 0.122 e. The van der Waals surface area contributed by atoms with Gasteiger partial charge in [0.15, 0.2) is 0 Å². The molecule has 0 atom stereocenters. The average Bonchev–Trinajstić information content (AvgIpc) is 2.30. The summed E-state index contributed by atoms with van der Waals surface area (Å²) in [4.78, 5) is 0. The number of nitrogens with one attached hydrogen (secondary N) is 1. The van der Waals surface area contributed by atoms with Crippen LogP contribution >= 0.6 is 0 Å². The fourth-order valence-electron chi connectivity index (χ4n) is 1.86. The van der Waals surface area contributed by atoms with Crippen molar-refractivity contribution in [3.8, 4) is 5.75 Å². The maximum absolute atomic E-state index is 9.34. The molecule has 0 saturated carbocycles. The van der Waals surface area contributed by atoms with Gasteiger partial charge in [0.05, 0.1) is 19.3 Å². The summed E-state index contributed by atoms with van der Waals surface area (Å²) in [7, 11) is 1.70. The normalized spacial score (nSPS) is 11.8. The van der Waals surface area contributed by atoms with Gasteiger partial charge in [-0.3, -0.25) is 0 Å². The second-order valence-corrected chi connectivity index (χ2v) is 5.73. The van der Waals surface area contributed by atoms with Crippen molar-refractivity contribution in [3.63, 3.8) is 0 Å². The first-order valence-electron chi connectivity index (χ1n) is 6.38. The molecule has 0 aromatic heterocycles. The molecule has 1 aromatic rings. The van der Waals surface area contributed by atoms with Crippen molar-refractivity contribution in [3.05, 3.63) is 23.3 Å². The van der Waals surface area contributed by atoms with Gasteiger partial charge in [-0.1, -0.05) is 13.8 Å². The van der Waals surface area contributed by atoms with Gasteiger partial charge >= 0.3 is 0 Å². The highest BCUT2D eigenvalue weighted by atomic mass is 16.5. The Kier molecular flexibility index (Phi) is 4.63. The summed E-state index contributed by atoms with van der Waals surface area (Å²) in [6.45, 7) is 10.4. The van der Waals surface area contributed by atoms with Crippen molar-refractivity contribution in [1.82, 2.24) is 0 Å². The number of aryl methyl sites for hydroxylation is 1. The van der Waals surface area contributed by atoms with Crippen LogP contribution in [0.15, 0.2) is 12.1 Å². The summed E-state index contributed by atoms with van der Waals surface area (Å²) in [5.41, 5.74) is 3.03. The zero-order chi connectivity index (χ0) is 13.9. The Labute approximate surface area is 110 Å². The molecule has 18 heavy (non-hydrogen) atoms. The molecule has 3 nitrogen and oxygen atoms in total. The number of aliphatic hydroxyl groups is 1. The smallest absolute Gasteiger partial charge is 0.122 e. The molecule has 0 amide bonds. The van der Waals surface area contributed by atoms with Crippen LogP contribution in [0.3, 0.4) is 0 Å². The van der Waals surface area contributed by atoms with E-state index in [2.05, 4.69) is 25.2 Å². The highest BCUT2D eigenvalue weighted by Crippen LogP contribution is 2.33. The van der Waals surface area contributed by atoms with Gasteiger partial charge in [0.25, 0.3) is 0 Å². The van der Waals surface area contributed by atoms with Crippen LogP contribution in [-0.2, 0) is 0 Å². The second kappa shape index (κ2) is 5.61. The predicted octanol–water partition coefficient (Wildman–Crippen LogP) is 3.31. The van der Waals surface area contributed by atoms with Crippen LogP contribution in [0.2, 0.25) is 0 Å². The molecule has 0 aliphatic rings. The number of benzene rings is 1. The third kappa shape index (κ3) is 3.39. The first kappa shape index (κ1) is 14.8. The minimum atomic E-state index is -0.326.